The van der Waals surface area contributed by atoms with E-state index in [1.54, 1.807) is 36.4 Å². The molecule has 9 heteroatoms. The molecule has 1 heterocycles. The van der Waals surface area contributed by atoms with Gasteiger partial charge in [-0.25, -0.2) is 9.59 Å². The molecule has 0 amide bonds. The summed E-state index contributed by atoms with van der Waals surface area (Å²) in [6, 6.07) is 11.7. The minimum absolute atomic E-state index is 0.0343. The number of hydrogen-bond donors (Lipinski definition) is 4. The molecule has 0 spiro atoms. The van der Waals surface area contributed by atoms with Gasteiger partial charge in [0.2, 0.25) is 0 Å². The average Bonchev–Trinajstić information content (AvgIpc) is 3.06. The predicted octanol–water partition coefficient (Wildman–Crippen LogP) is 2.23. The number of ether oxygens (including phenoxy) is 2. The third-order valence-electron chi connectivity index (χ3n) is 4.51. The second-order valence-electron chi connectivity index (χ2n) is 6.80. The van der Waals surface area contributed by atoms with Gasteiger partial charge in [-0.05, 0) is 48.7 Å². The summed E-state index contributed by atoms with van der Waals surface area (Å²) in [5.41, 5.74) is 1.50. The molecule has 154 valence electrons. The number of carbonyl (C=O) groups is 2. The Labute approximate surface area is 171 Å². The van der Waals surface area contributed by atoms with Crippen molar-refractivity contribution in [3.63, 3.8) is 0 Å². The van der Waals surface area contributed by atoms with E-state index in [4.69, 9.17) is 21.1 Å². The summed E-state index contributed by atoms with van der Waals surface area (Å²) in [5.74, 6) is -6.15. The molecule has 1 aliphatic heterocycles. The van der Waals surface area contributed by atoms with Crippen LogP contribution >= 0.6 is 11.6 Å². The topological polar surface area (TPSA) is 125 Å². The van der Waals surface area contributed by atoms with Crippen molar-refractivity contribution in [3.05, 3.63) is 58.6 Å². The van der Waals surface area contributed by atoms with E-state index in [0.717, 1.165) is 5.56 Å². The lowest BCUT2D eigenvalue weighted by molar-refractivity contribution is -0.194. The molecule has 3 rings (SSSR count). The molecule has 2 atom stereocenters. The molecule has 0 saturated heterocycles. The third kappa shape index (κ3) is 4.45. The summed E-state index contributed by atoms with van der Waals surface area (Å²) in [6.07, 6.45) is -0.189. The lowest BCUT2D eigenvalue weighted by Gasteiger charge is -2.18. The second-order valence-corrected chi connectivity index (χ2v) is 7.23. The number of nitrogens with one attached hydrogen (secondary N) is 1. The molecular weight excluding hydrogens is 402 g/mol. The fraction of sp³-hybridized carbons (Fsp3) is 0.300. The Balaban J connectivity index is 1.61. The van der Waals surface area contributed by atoms with Gasteiger partial charge < -0.3 is 30.1 Å². The second kappa shape index (κ2) is 8.28. The first-order valence-corrected chi connectivity index (χ1v) is 9.23. The van der Waals surface area contributed by atoms with Gasteiger partial charge in [0, 0.05) is 17.6 Å². The van der Waals surface area contributed by atoms with Crippen molar-refractivity contribution in [1.82, 2.24) is 5.32 Å². The van der Waals surface area contributed by atoms with Gasteiger partial charge in [-0.1, -0.05) is 29.8 Å². The van der Waals surface area contributed by atoms with Crippen LogP contribution < -0.4 is 14.8 Å². The molecule has 8 nitrogen and oxygen atoms in total. The van der Waals surface area contributed by atoms with Crippen LogP contribution in [0.25, 0.3) is 0 Å². The molecule has 2 aromatic rings. The minimum atomic E-state index is -2.77. The fourth-order valence-corrected chi connectivity index (χ4v) is 3.21. The van der Waals surface area contributed by atoms with Crippen molar-refractivity contribution in [2.45, 2.75) is 31.3 Å². The lowest BCUT2D eigenvalue weighted by Crippen LogP contribution is -2.54. The highest BCUT2D eigenvalue weighted by Gasteiger charge is 2.57. The maximum atomic E-state index is 11.3. The SMILES string of the molecule is CC(Cc1ccc2c(c1)OC(C(=O)O)(C(=O)O)O2)NCC(O)c1cccc(Cl)c1. The molecule has 2 unspecified atom stereocenters. The number of aliphatic hydroxyl groups excluding tert-OH is 1. The smallest absolute Gasteiger partial charge is 0.453 e. The summed E-state index contributed by atoms with van der Waals surface area (Å²) in [6.45, 7) is 2.24. The first-order valence-electron chi connectivity index (χ1n) is 8.86. The van der Waals surface area contributed by atoms with Gasteiger partial charge in [0.25, 0.3) is 0 Å². The number of hydrogen-bond acceptors (Lipinski definition) is 6. The van der Waals surface area contributed by atoms with Gasteiger partial charge in [-0.3, -0.25) is 0 Å². The first kappa shape index (κ1) is 20.9. The van der Waals surface area contributed by atoms with E-state index in [2.05, 4.69) is 5.32 Å². The number of halogens is 1. The van der Waals surface area contributed by atoms with E-state index in [1.807, 2.05) is 6.92 Å². The first-order chi connectivity index (χ1) is 13.7. The van der Waals surface area contributed by atoms with Gasteiger partial charge in [0.15, 0.2) is 11.5 Å². The number of aliphatic hydroxyl groups is 1. The maximum absolute atomic E-state index is 11.3. The zero-order valence-corrected chi connectivity index (χ0v) is 16.2. The molecule has 29 heavy (non-hydrogen) atoms. The van der Waals surface area contributed by atoms with Crippen LogP contribution in [0, 0.1) is 0 Å². The lowest BCUT2D eigenvalue weighted by atomic mass is 10.1. The van der Waals surface area contributed by atoms with Crippen molar-refractivity contribution in [3.8, 4) is 11.5 Å². The Morgan fingerprint density at radius 1 is 1.10 bits per heavy atom. The van der Waals surface area contributed by atoms with E-state index < -0.39 is 23.8 Å². The van der Waals surface area contributed by atoms with Crippen LogP contribution in [0.4, 0.5) is 0 Å². The fourth-order valence-electron chi connectivity index (χ4n) is 3.01. The molecule has 2 aromatic carbocycles. The number of fused-ring (bicyclic) bond motifs is 1. The highest BCUT2D eigenvalue weighted by atomic mass is 35.5. The van der Waals surface area contributed by atoms with Crippen molar-refractivity contribution in [2.24, 2.45) is 0 Å². The van der Waals surface area contributed by atoms with E-state index in [0.29, 0.717) is 23.6 Å². The molecule has 0 bridgehead atoms. The summed E-state index contributed by atoms with van der Waals surface area (Å²) < 4.78 is 10.1. The molecule has 0 saturated carbocycles. The predicted molar refractivity (Wildman–Crippen MR) is 103 cm³/mol. The van der Waals surface area contributed by atoms with Gasteiger partial charge in [-0.15, -0.1) is 0 Å². The van der Waals surface area contributed by atoms with Gasteiger partial charge >= 0.3 is 17.7 Å². The van der Waals surface area contributed by atoms with E-state index in [-0.39, 0.29) is 17.5 Å². The van der Waals surface area contributed by atoms with Crippen LogP contribution in [0.5, 0.6) is 11.5 Å². The van der Waals surface area contributed by atoms with Gasteiger partial charge in [0.05, 0.1) is 6.10 Å². The van der Waals surface area contributed by atoms with Crippen molar-refractivity contribution < 1.29 is 34.4 Å². The standard InChI is InChI=1S/C20H20ClNO7/c1-11(22-10-15(23)13-3-2-4-14(21)9-13)7-12-5-6-16-17(8-12)29-20(28-16,18(24)25)19(26)27/h2-6,8-9,11,15,22-23H,7,10H2,1H3,(H,24,25)(H,26,27). The molecular formula is C20H20ClNO7. The molecule has 0 fully saturated rings. The van der Waals surface area contributed by atoms with E-state index in [1.165, 1.54) is 6.07 Å². The Morgan fingerprint density at radius 2 is 1.79 bits per heavy atom. The molecule has 0 radical (unpaired) electrons. The zero-order valence-electron chi connectivity index (χ0n) is 15.5. The maximum Gasteiger partial charge on any atom is 0.453 e. The molecule has 4 N–H and O–H groups in total. The third-order valence-corrected chi connectivity index (χ3v) is 4.75. The van der Waals surface area contributed by atoms with Crippen molar-refractivity contribution in [1.29, 1.82) is 0 Å². The Morgan fingerprint density at radius 3 is 2.45 bits per heavy atom. The van der Waals surface area contributed by atoms with E-state index in [9.17, 15) is 24.9 Å². The summed E-state index contributed by atoms with van der Waals surface area (Å²) in [7, 11) is 0. The molecule has 1 aliphatic rings. The van der Waals surface area contributed by atoms with Crippen molar-refractivity contribution >= 4 is 23.5 Å². The Bertz CT molecular complexity index is 919. The number of benzene rings is 2. The summed E-state index contributed by atoms with van der Waals surface area (Å²) >= 11 is 5.94. The van der Waals surface area contributed by atoms with E-state index >= 15 is 0 Å². The monoisotopic (exact) mass is 421 g/mol. The summed E-state index contributed by atoms with van der Waals surface area (Å²) in [4.78, 5) is 22.6. The van der Waals surface area contributed by atoms with Gasteiger partial charge in [-0.2, -0.15) is 0 Å². The zero-order chi connectivity index (χ0) is 21.2. The summed E-state index contributed by atoms with van der Waals surface area (Å²) in [5, 5.41) is 32.4. The van der Waals surface area contributed by atoms with Crippen LogP contribution in [0.2, 0.25) is 5.02 Å². The Hall–Kier alpha value is -2.81. The molecule has 0 aliphatic carbocycles. The minimum Gasteiger partial charge on any atom is -0.475 e. The van der Waals surface area contributed by atoms with Crippen molar-refractivity contribution in [2.75, 3.05) is 6.54 Å². The van der Waals surface area contributed by atoms with Crippen LogP contribution in [0.1, 0.15) is 24.2 Å². The highest BCUT2D eigenvalue weighted by molar-refractivity contribution is 6.30. The van der Waals surface area contributed by atoms with Gasteiger partial charge in [0.1, 0.15) is 0 Å². The molecule has 0 aromatic heterocycles. The average molecular weight is 422 g/mol. The van der Waals surface area contributed by atoms with Crippen LogP contribution in [-0.4, -0.2) is 45.6 Å². The quantitative estimate of drug-likeness (QED) is 0.478. The number of rotatable bonds is 8. The number of aliphatic carboxylic acids is 2. The highest BCUT2D eigenvalue weighted by Crippen LogP contribution is 2.40. The number of carboxylic acid groups (broad SMARTS) is 2. The Kier molecular flexibility index (Phi) is 5.97. The largest absolute Gasteiger partial charge is 0.475 e. The normalized spacial score (nSPS) is 16.2. The number of carboxylic acids is 2. The van der Waals surface area contributed by atoms with Crippen LogP contribution in [-0.2, 0) is 16.0 Å². The van der Waals surface area contributed by atoms with Crippen LogP contribution in [0.15, 0.2) is 42.5 Å². The van der Waals surface area contributed by atoms with Crippen LogP contribution in [0.3, 0.4) is 0 Å².